The lowest BCUT2D eigenvalue weighted by Crippen LogP contribution is -2.35. The van der Waals surface area contributed by atoms with Gasteiger partial charge in [0.25, 0.3) is 5.91 Å². The molecule has 1 aromatic carbocycles. The zero-order chi connectivity index (χ0) is 24.6. The van der Waals surface area contributed by atoms with Crippen molar-refractivity contribution in [3.8, 4) is 17.0 Å². The lowest BCUT2D eigenvalue weighted by molar-refractivity contribution is 0.100. The Morgan fingerprint density at radius 2 is 1.94 bits per heavy atom. The zero-order valence-corrected chi connectivity index (χ0v) is 20.4. The SMILES string of the molecule is CC1CC[C@@H](Nc2c(C(N)=O)cnn3cc(-c4ccc(OCc5ccccc5)nc4)cc23)C1(C)C. The number of aromatic nitrogens is 3. The van der Waals surface area contributed by atoms with E-state index in [2.05, 4.69) is 36.2 Å². The van der Waals surface area contributed by atoms with E-state index in [1.54, 1.807) is 16.9 Å². The van der Waals surface area contributed by atoms with Crippen molar-refractivity contribution >= 4 is 17.1 Å². The standard InChI is InChI=1S/C28H31N5O2/c1-18-9-11-24(28(18,2)3)32-26-22(27(29)34)15-31-33-16-21(13-23(26)33)20-10-12-25(30-14-20)35-17-19-7-5-4-6-8-19/h4-8,10,12-16,18,24,32H,9,11,17H2,1-3H3,(H2,29,34)/t18?,24-/m1/s1. The maximum absolute atomic E-state index is 12.3. The second-order valence-corrected chi connectivity index (χ2v) is 10.0. The number of nitrogens with one attached hydrogen (secondary N) is 1. The molecule has 4 aromatic rings. The van der Waals surface area contributed by atoms with Gasteiger partial charge >= 0.3 is 0 Å². The molecule has 0 bridgehead atoms. The molecule has 5 rings (SSSR count). The third kappa shape index (κ3) is 4.46. The summed E-state index contributed by atoms with van der Waals surface area (Å²) in [5.41, 5.74) is 10.8. The summed E-state index contributed by atoms with van der Waals surface area (Å²) in [7, 11) is 0. The van der Waals surface area contributed by atoms with Crippen LogP contribution in [0, 0.1) is 11.3 Å². The van der Waals surface area contributed by atoms with Gasteiger partial charge in [-0.15, -0.1) is 0 Å². The Morgan fingerprint density at radius 1 is 1.14 bits per heavy atom. The maximum atomic E-state index is 12.3. The van der Waals surface area contributed by atoms with Crippen LogP contribution in [0.1, 0.15) is 49.5 Å². The zero-order valence-electron chi connectivity index (χ0n) is 20.4. The van der Waals surface area contributed by atoms with Gasteiger partial charge in [0, 0.05) is 35.6 Å². The number of carbonyl (C=O) groups is 1. The number of nitrogens with zero attached hydrogens (tertiary/aromatic N) is 3. The quantitative estimate of drug-likeness (QED) is 0.382. The van der Waals surface area contributed by atoms with Crippen molar-refractivity contribution in [2.45, 2.75) is 46.3 Å². The number of rotatable bonds is 7. The van der Waals surface area contributed by atoms with E-state index >= 15 is 0 Å². The molecule has 1 amide bonds. The van der Waals surface area contributed by atoms with Gasteiger partial charge in [0.2, 0.25) is 5.88 Å². The Labute approximate surface area is 205 Å². The van der Waals surface area contributed by atoms with Gasteiger partial charge in [0.05, 0.1) is 23.0 Å². The van der Waals surface area contributed by atoms with Crippen LogP contribution in [0.2, 0.25) is 0 Å². The molecule has 3 N–H and O–H groups in total. The van der Waals surface area contributed by atoms with Crippen LogP contribution in [-0.2, 0) is 6.61 Å². The number of nitrogens with two attached hydrogens (primary N) is 1. The first-order chi connectivity index (χ1) is 16.8. The number of primary amides is 1. The lowest BCUT2D eigenvalue weighted by Gasteiger charge is -2.33. The summed E-state index contributed by atoms with van der Waals surface area (Å²) in [6.07, 6.45) is 7.47. The van der Waals surface area contributed by atoms with E-state index in [0.717, 1.165) is 40.7 Å². The fourth-order valence-electron chi connectivity index (χ4n) is 4.86. The van der Waals surface area contributed by atoms with E-state index in [1.165, 1.54) is 0 Å². The summed E-state index contributed by atoms with van der Waals surface area (Å²) >= 11 is 0. The monoisotopic (exact) mass is 469 g/mol. The molecule has 1 unspecified atom stereocenters. The molecule has 2 atom stereocenters. The molecular weight excluding hydrogens is 438 g/mol. The third-order valence-corrected chi connectivity index (χ3v) is 7.58. The highest BCUT2D eigenvalue weighted by molar-refractivity contribution is 6.02. The summed E-state index contributed by atoms with van der Waals surface area (Å²) in [4.78, 5) is 16.7. The van der Waals surface area contributed by atoms with Gasteiger partial charge < -0.3 is 15.8 Å². The fraction of sp³-hybridized carbons (Fsp3) is 0.321. The molecule has 1 aliphatic rings. The van der Waals surface area contributed by atoms with Gasteiger partial charge in [-0.05, 0) is 41.9 Å². The number of benzene rings is 1. The molecular formula is C28H31N5O2. The van der Waals surface area contributed by atoms with Crippen molar-refractivity contribution < 1.29 is 9.53 Å². The Balaban J connectivity index is 1.43. The van der Waals surface area contributed by atoms with E-state index < -0.39 is 5.91 Å². The Kier molecular flexibility index (Phi) is 5.93. The molecule has 35 heavy (non-hydrogen) atoms. The second kappa shape index (κ2) is 9.06. The minimum atomic E-state index is -0.490. The van der Waals surface area contributed by atoms with E-state index in [9.17, 15) is 4.79 Å². The van der Waals surface area contributed by atoms with Crippen LogP contribution in [0.4, 0.5) is 5.69 Å². The molecule has 0 saturated heterocycles. The van der Waals surface area contributed by atoms with Crippen molar-refractivity contribution in [2.24, 2.45) is 17.1 Å². The molecule has 0 aliphatic heterocycles. The highest BCUT2D eigenvalue weighted by atomic mass is 16.5. The number of carbonyl (C=O) groups excluding carboxylic acids is 1. The summed E-state index contributed by atoms with van der Waals surface area (Å²) in [6.45, 7) is 7.31. The molecule has 1 fully saturated rings. The molecule has 1 saturated carbocycles. The summed E-state index contributed by atoms with van der Waals surface area (Å²) in [5, 5.41) is 8.11. The van der Waals surface area contributed by atoms with Gasteiger partial charge in [-0.2, -0.15) is 5.10 Å². The predicted octanol–water partition coefficient (Wildman–Crippen LogP) is 5.31. The molecule has 3 aromatic heterocycles. The Bertz CT molecular complexity index is 1350. The third-order valence-electron chi connectivity index (χ3n) is 7.58. The summed E-state index contributed by atoms with van der Waals surface area (Å²) < 4.78 is 7.60. The van der Waals surface area contributed by atoms with Crippen molar-refractivity contribution in [2.75, 3.05) is 5.32 Å². The molecule has 0 radical (unpaired) electrons. The average Bonchev–Trinajstić information content (AvgIpc) is 3.40. The van der Waals surface area contributed by atoms with Crippen LogP contribution >= 0.6 is 0 Å². The topological polar surface area (TPSA) is 94.5 Å². The maximum Gasteiger partial charge on any atom is 0.252 e. The van der Waals surface area contributed by atoms with E-state index in [-0.39, 0.29) is 11.5 Å². The van der Waals surface area contributed by atoms with Crippen LogP contribution in [0.5, 0.6) is 5.88 Å². The number of hydrogen-bond acceptors (Lipinski definition) is 5. The number of anilines is 1. The van der Waals surface area contributed by atoms with Crippen LogP contribution in [-0.4, -0.2) is 26.5 Å². The van der Waals surface area contributed by atoms with E-state index in [4.69, 9.17) is 10.5 Å². The van der Waals surface area contributed by atoms with E-state index in [1.807, 2.05) is 54.7 Å². The Morgan fingerprint density at radius 3 is 2.60 bits per heavy atom. The van der Waals surface area contributed by atoms with Crippen molar-refractivity contribution in [3.63, 3.8) is 0 Å². The normalized spacial score (nSPS) is 19.1. The summed E-state index contributed by atoms with van der Waals surface area (Å²) in [6, 6.07) is 16.1. The van der Waals surface area contributed by atoms with Crippen molar-refractivity contribution in [1.29, 1.82) is 0 Å². The molecule has 1 aliphatic carbocycles. The molecule has 3 heterocycles. The van der Waals surface area contributed by atoms with Crippen LogP contribution in [0.25, 0.3) is 16.6 Å². The van der Waals surface area contributed by atoms with Gasteiger partial charge in [0.15, 0.2) is 0 Å². The van der Waals surface area contributed by atoms with Crippen molar-refractivity contribution in [3.05, 3.63) is 78.2 Å². The fourth-order valence-corrected chi connectivity index (χ4v) is 4.86. The highest BCUT2D eigenvalue weighted by Gasteiger charge is 2.41. The first-order valence-electron chi connectivity index (χ1n) is 12.0. The number of ether oxygens (including phenoxy) is 1. The van der Waals surface area contributed by atoms with Crippen molar-refractivity contribution in [1.82, 2.24) is 14.6 Å². The number of fused-ring (bicyclic) bond motifs is 1. The molecule has 180 valence electrons. The summed E-state index contributed by atoms with van der Waals surface area (Å²) in [5.74, 6) is 0.664. The smallest absolute Gasteiger partial charge is 0.252 e. The van der Waals surface area contributed by atoms with Crippen LogP contribution in [0.3, 0.4) is 0 Å². The molecule has 7 nitrogen and oxygen atoms in total. The molecule has 0 spiro atoms. The van der Waals surface area contributed by atoms with Gasteiger partial charge in [-0.1, -0.05) is 51.1 Å². The van der Waals surface area contributed by atoms with Gasteiger partial charge in [-0.3, -0.25) is 4.79 Å². The number of pyridine rings is 1. The van der Waals surface area contributed by atoms with Crippen LogP contribution < -0.4 is 15.8 Å². The first-order valence-corrected chi connectivity index (χ1v) is 12.0. The first kappa shape index (κ1) is 22.9. The van der Waals surface area contributed by atoms with Gasteiger partial charge in [0.1, 0.15) is 6.61 Å². The average molecular weight is 470 g/mol. The Hall–Kier alpha value is -3.87. The predicted molar refractivity (Wildman–Crippen MR) is 137 cm³/mol. The number of amides is 1. The molecule has 7 heteroatoms. The minimum absolute atomic E-state index is 0.101. The highest BCUT2D eigenvalue weighted by Crippen LogP contribution is 2.44. The minimum Gasteiger partial charge on any atom is -0.473 e. The second-order valence-electron chi connectivity index (χ2n) is 10.0. The lowest BCUT2D eigenvalue weighted by atomic mass is 9.80. The largest absolute Gasteiger partial charge is 0.473 e. The van der Waals surface area contributed by atoms with Gasteiger partial charge in [-0.25, -0.2) is 9.50 Å². The number of hydrogen-bond donors (Lipinski definition) is 2. The van der Waals surface area contributed by atoms with Crippen LogP contribution in [0.15, 0.2) is 67.1 Å². The van der Waals surface area contributed by atoms with E-state index in [0.29, 0.717) is 24.0 Å².